The zero-order valence-corrected chi connectivity index (χ0v) is 62.7. The van der Waals surface area contributed by atoms with Gasteiger partial charge in [-0.05, 0) is 49.4 Å². The molecule has 0 rings (SSSR count). The van der Waals surface area contributed by atoms with Gasteiger partial charge in [0.2, 0.25) is 0 Å². The number of phosphoric acid groups is 2. The lowest BCUT2D eigenvalue weighted by molar-refractivity contribution is -0.161. The van der Waals surface area contributed by atoms with Crippen LogP contribution in [0.15, 0.2) is 0 Å². The molecule has 0 bridgehead atoms. The van der Waals surface area contributed by atoms with Gasteiger partial charge in [-0.2, -0.15) is 0 Å². The molecule has 0 aliphatic heterocycles. The Morgan fingerprint density at radius 2 is 0.452 bits per heavy atom. The molecule has 0 radical (unpaired) electrons. The highest BCUT2D eigenvalue weighted by atomic mass is 31.2. The molecule has 0 saturated heterocycles. The highest BCUT2D eigenvalue weighted by Crippen LogP contribution is 2.45. The fraction of sp³-hybridized carbons (Fsp3) is 0.946. The van der Waals surface area contributed by atoms with Gasteiger partial charge < -0.3 is 33.8 Å². The Morgan fingerprint density at radius 3 is 0.667 bits per heavy atom. The van der Waals surface area contributed by atoms with Gasteiger partial charge in [0.25, 0.3) is 0 Å². The van der Waals surface area contributed by atoms with E-state index in [2.05, 4.69) is 55.4 Å². The third-order valence-corrected chi connectivity index (χ3v) is 19.0. The van der Waals surface area contributed by atoms with Crippen LogP contribution < -0.4 is 0 Å². The van der Waals surface area contributed by atoms with E-state index in [1.807, 2.05) is 0 Å². The van der Waals surface area contributed by atoms with Crippen LogP contribution in [-0.2, 0) is 65.4 Å². The van der Waals surface area contributed by atoms with Crippen molar-refractivity contribution in [3.05, 3.63) is 0 Å². The normalized spacial score (nSPS) is 14.2. The number of aliphatic hydroxyl groups is 1. The van der Waals surface area contributed by atoms with E-state index < -0.39 is 97.5 Å². The molecule has 0 aromatic carbocycles. The van der Waals surface area contributed by atoms with Gasteiger partial charge >= 0.3 is 39.5 Å². The summed E-state index contributed by atoms with van der Waals surface area (Å²) in [6, 6.07) is 0. The highest BCUT2D eigenvalue weighted by Gasteiger charge is 2.30. The van der Waals surface area contributed by atoms with Crippen molar-refractivity contribution in [1.82, 2.24) is 0 Å². The van der Waals surface area contributed by atoms with Gasteiger partial charge in [0.1, 0.15) is 19.3 Å². The summed E-state index contributed by atoms with van der Waals surface area (Å²) in [5, 5.41) is 10.6. The minimum absolute atomic E-state index is 0.104. The number of carbonyl (C=O) groups excluding carboxylic acids is 4. The van der Waals surface area contributed by atoms with Crippen molar-refractivity contribution in [3.8, 4) is 0 Å². The van der Waals surface area contributed by atoms with Crippen LogP contribution in [0.4, 0.5) is 0 Å². The minimum Gasteiger partial charge on any atom is -0.462 e. The molecule has 0 amide bonds. The van der Waals surface area contributed by atoms with Crippen LogP contribution in [0.1, 0.15) is 370 Å². The Balaban J connectivity index is 5.16. The van der Waals surface area contributed by atoms with E-state index in [1.54, 1.807) is 0 Å². The monoisotopic (exact) mass is 1370 g/mol. The second-order valence-corrected chi connectivity index (χ2v) is 31.5. The van der Waals surface area contributed by atoms with Gasteiger partial charge in [-0.15, -0.1) is 0 Å². The van der Waals surface area contributed by atoms with E-state index in [-0.39, 0.29) is 25.7 Å². The molecule has 0 aromatic rings. The molecule has 5 atom stereocenters. The number of esters is 4. The van der Waals surface area contributed by atoms with Crippen molar-refractivity contribution >= 4 is 39.5 Å². The predicted octanol–water partition coefficient (Wildman–Crippen LogP) is 21.3. The van der Waals surface area contributed by atoms with E-state index in [9.17, 15) is 43.2 Å². The number of rotatable bonds is 71. The molecule has 0 spiro atoms. The number of hydrogen-bond donors (Lipinski definition) is 3. The van der Waals surface area contributed by atoms with Crippen LogP contribution in [-0.4, -0.2) is 96.7 Å². The number of aliphatic hydroxyl groups excluding tert-OH is 1. The van der Waals surface area contributed by atoms with Gasteiger partial charge in [-0.3, -0.25) is 37.3 Å². The van der Waals surface area contributed by atoms with Crippen molar-refractivity contribution in [2.45, 2.75) is 388 Å². The first-order valence-electron chi connectivity index (χ1n) is 38.2. The Hall–Kier alpha value is -1.94. The summed E-state index contributed by atoms with van der Waals surface area (Å²) in [7, 11) is -9.91. The third-order valence-electron chi connectivity index (χ3n) is 17.1. The average Bonchev–Trinajstić information content (AvgIpc) is 3.58. The first-order valence-corrected chi connectivity index (χ1v) is 41.2. The van der Waals surface area contributed by atoms with Crippen LogP contribution in [0.25, 0.3) is 0 Å². The largest absolute Gasteiger partial charge is 0.472 e. The average molecular weight is 1370 g/mol. The molecule has 19 heteroatoms. The lowest BCUT2D eigenvalue weighted by Crippen LogP contribution is -2.30. The van der Waals surface area contributed by atoms with Crippen LogP contribution in [0.3, 0.4) is 0 Å². The Bertz CT molecular complexity index is 1830. The maximum atomic E-state index is 13.0. The van der Waals surface area contributed by atoms with Gasteiger partial charge in [0.05, 0.1) is 26.4 Å². The van der Waals surface area contributed by atoms with E-state index >= 15 is 0 Å². The molecule has 0 aliphatic rings. The summed E-state index contributed by atoms with van der Waals surface area (Å²) in [5.41, 5.74) is 0. The lowest BCUT2D eigenvalue weighted by atomic mass is 10.0. The Kier molecular flexibility index (Phi) is 62.2. The smallest absolute Gasteiger partial charge is 0.462 e. The van der Waals surface area contributed by atoms with E-state index in [1.165, 1.54) is 161 Å². The van der Waals surface area contributed by atoms with Crippen LogP contribution in [0.5, 0.6) is 0 Å². The topological polar surface area (TPSA) is 237 Å². The molecule has 17 nitrogen and oxygen atoms in total. The van der Waals surface area contributed by atoms with Crippen molar-refractivity contribution in [1.29, 1.82) is 0 Å². The molecule has 0 heterocycles. The van der Waals surface area contributed by atoms with E-state index in [0.717, 1.165) is 115 Å². The van der Waals surface area contributed by atoms with Crippen molar-refractivity contribution in [2.24, 2.45) is 23.7 Å². The fourth-order valence-corrected chi connectivity index (χ4v) is 12.8. The van der Waals surface area contributed by atoms with Gasteiger partial charge in [0.15, 0.2) is 12.2 Å². The molecule has 0 aromatic heterocycles. The quantitative estimate of drug-likeness (QED) is 0.0222. The van der Waals surface area contributed by atoms with E-state index in [4.69, 9.17) is 37.0 Å². The molecular formula is C74H144O17P2. The summed E-state index contributed by atoms with van der Waals surface area (Å²) in [6.45, 7) is 14.1. The van der Waals surface area contributed by atoms with Crippen LogP contribution in [0.2, 0.25) is 0 Å². The van der Waals surface area contributed by atoms with Crippen molar-refractivity contribution < 1.29 is 80.2 Å². The van der Waals surface area contributed by atoms with E-state index in [0.29, 0.717) is 37.5 Å². The van der Waals surface area contributed by atoms with Gasteiger partial charge in [-0.25, -0.2) is 9.13 Å². The standard InChI is InChI=1S/C74H144O17P2/c1-64(2)50-42-34-26-21-17-15-13-11-9-10-12-14-16-18-23-29-40-48-56-73(78)90-69(60-84-71(76)54-46-38-31-25-28-36-44-52-66(5)6)62-88-92(80,81)86-58-68(75)59-87-93(82,83)89-63-70(61-85-72(77)55-47-39-33-32-37-45-53-67(7)8)91-74(79)57-49-41-30-24-20-19-22-27-35-43-51-65(3)4/h64-70,75H,9-63H2,1-8H3,(H,80,81)(H,82,83)/t68-,69-,70-/m1/s1. The van der Waals surface area contributed by atoms with Crippen molar-refractivity contribution in [2.75, 3.05) is 39.6 Å². The molecule has 0 fully saturated rings. The van der Waals surface area contributed by atoms with Gasteiger partial charge in [0, 0.05) is 25.7 Å². The molecule has 0 aliphatic carbocycles. The minimum atomic E-state index is -4.95. The molecule has 2 unspecified atom stereocenters. The number of phosphoric ester groups is 2. The van der Waals surface area contributed by atoms with Crippen molar-refractivity contribution in [3.63, 3.8) is 0 Å². The lowest BCUT2D eigenvalue weighted by Gasteiger charge is -2.21. The molecule has 93 heavy (non-hydrogen) atoms. The second-order valence-electron chi connectivity index (χ2n) is 28.6. The SMILES string of the molecule is CC(C)CCCCCCCCCCCCCCCCCCCCC(=O)O[C@H](COC(=O)CCCCCCCCCC(C)C)COP(=O)(O)OC[C@@H](O)COP(=O)(O)OC[C@@H](COC(=O)CCCCCCCCC(C)C)OC(=O)CCCCCCCCCCCCC(C)C. The highest BCUT2D eigenvalue weighted by molar-refractivity contribution is 7.47. The number of carbonyl (C=O) groups is 4. The molecular weight excluding hydrogens is 1220 g/mol. The number of hydrogen-bond acceptors (Lipinski definition) is 15. The zero-order chi connectivity index (χ0) is 68.9. The summed E-state index contributed by atoms with van der Waals surface area (Å²) < 4.78 is 68.3. The maximum Gasteiger partial charge on any atom is 0.472 e. The first-order chi connectivity index (χ1) is 44.6. The molecule has 3 N–H and O–H groups in total. The predicted molar refractivity (Wildman–Crippen MR) is 377 cm³/mol. The van der Waals surface area contributed by atoms with Gasteiger partial charge in [-0.1, -0.05) is 319 Å². The maximum absolute atomic E-state index is 13.0. The Morgan fingerprint density at radius 1 is 0.269 bits per heavy atom. The first kappa shape index (κ1) is 91.1. The summed E-state index contributed by atoms with van der Waals surface area (Å²) >= 11 is 0. The fourth-order valence-electron chi connectivity index (χ4n) is 11.2. The third kappa shape index (κ3) is 68.4. The van der Waals surface area contributed by atoms with Crippen LogP contribution in [0, 0.1) is 23.7 Å². The molecule has 552 valence electrons. The Labute approximate surface area is 568 Å². The van der Waals surface area contributed by atoms with Crippen LogP contribution >= 0.6 is 15.6 Å². The summed E-state index contributed by atoms with van der Waals surface area (Å²) in [5.74, 6) is 0.829. The summed E-state index contributed by atoms with van der Waals surface area (Å²) in [6.07, 6.45) is 47.6. The summed E-state index contributed by atoms with van der Waals surface area (Å²) in [4.78, 5) is 72.6. The molecule has 0 saturated carbocycles. The number of ether oxygens (including phenoxy) is 4. The number of unbranched alkanes of at least 4 members (excludes halogenated alkanes) is 37. The zero-order valence-electron chi connectivity index (χ0n) is 60.9. The second kappa shape index (κ2) is 63.5.